The summed E-state index contributed by atoms with van der Waals surface area (Å²) in [5, 5.41) is 0. The number of aromatic amines is 1. The van der Waals surface area contributed by atoms with Crippen molar-refractivity contribution in [2.45, 2.75) is 19.8 Å². The van der Waals surface area contributed by atoms with Gasteiger partial charge in [-0.1, -0.05) is 68.3 Å². The van der Waals surface area contributed by atoms with Gasteiger partial charge in [-0.25, -0.2) is 14.6 Å². The molecular formula is C23H18Br2N2O5. The molecule has 0 fully saturated rings. The summed E-state index contributed by atoms with van der Waals surface area (Å²) >= 11 is 6.92. The number of nitrogens with one attached hydrogen (secondary N) is 1. The van der Waals surface area contributed by atoms with Gasteiger partial charge in [0.15, 0.2) is 11.5 Å². The van der Waals surface area contributed by atoms with Crippen LogP contribution in [0.2, 0.25) is 0 Å². The van der Waals surface area contributed by atoms with Gasteiger partial charge >= 0.3 is 11.4 Å². The van der Waals surface area contributed by atoms with E-state index in [1.807, 2.05) is 48.5 Å². The van der Waals surface area contributed by atoms with Gasteiger partial charge in [0.05, 0.1) is 6.54 Å². The lowest BCUT2D eigenvalue weighted by atomic mass is 10.1. The van der Waals surface area contributed by atoms with E-state index in [-0.39, 0.29) is 13.2 Å². The van der Waals surface area contributed by atoms with Gasteiger partial charge in [0.25, 0.3) is 0 Å². The Hall–Kier alpha value is -3.04. The van der Waals surface area contributed by atoms with Crippen LogP contribution in [0.4, 0.5) is 0 Å². The van der Waals surface area contributed by atoms with Gasteiger partial charge in [0, 0.05) is 14.5 Å². The van der Waals surface area contributed by atoms with Crippen LogP contribution in [0.1, 0.15) is 16.7 Å². The molecule has 0 amide bonds. The number of benzene rings is 3. The summed E-state index contributed by atoms with van der Waals surface area (Å²) in [6, 6.07) is 21.0. The number of para-hydroxylation sites is 1. The molecule has 0 saturated heterocycles. The van der Waals surface area contributed by atoms with Crippen molar-refractivity contribution in [3.8, 4) is 11.5 Å². The van der Waals surface area contributed by atoms with Gasteiger partial charge in [-0.05, 0) is 41.5 Å². The first kappa shape index (κ1) is 22.2. The van der Waals surface area contributed by atoms with Crippen molar-refractivity contribution in [2.24, 2.45) is 0 Å². The van der Waals surface area contributed by atoms with E-state index in [2.05, 4.69) is 36.8 Å². The highest BCUT2D eigenvalue weighted by atomic mass is 79.9. The molecule has 4 aromatic rings. The van der Waals surface area contributed by atoms with Crippen LogP contribution in [-0.2, 0) is 19.8 Å². The molecule has 0 bridgehead atoms. The summed E-state index contributed by atoms with van der Waals surface area (Å²) in [4.78, 5) is 25.4. The number of rotatable bonds is 8. The molecule has 9 heteroatoms. The van der Waals surface area contributed by atoms with Crippen molar-refractivity contribution < 1.29 is 14.0 Å². The fraction of sp³-hybridized carbons (Fsp3) is 0.130. The van der Waals surface area contributed by atoms with Gasteiger partial charge in [-0.2, -0.15) is 0 Å². The molecule has 1 heterocycles. The number of H-pyrrole nitrogens is 1. The fourth-order valence-corrected chi connectivity index (χ4v) is 4.00. The third-order valence-electron chi connectivity index (χ3n) is 4.56. The van der Waals surface area contributed by atoms with Crippen LogP contribution in [0.25, 0.3) is 0 Å². The molecule has 0 saturated carbocycles. The molecule has 1 N–H and O–H groups in total. The monoisotopic (exact) mass is 560 g/mol. The van der Waals surface area contributed by atoms with E-state index in [1.54, 1.807) is 18.2 Å². The van der Waals surface area contributed by atoms with Crippen molar-refractivity contribution >= 4 is 31.9 Å². The first-order valence-electron chi connectivity index (χ1n) is 9.65. The number of halogens is 2. The van der Waals surface area contributed by atoms with E-state index in [0.29, 0.717) is 23.7 Å². The van der Waals surface area contributed by atoms with Crippen molar-refractivity contribution in [3.05, 3.63) is 113 Å². The van der Waals surface area contributed by atoms with Crippen LogP contribution >= 0.6 is 31.9 Å². The Morgan fingerprint density at radius 2 is 1.47 bits per heavy atom. The van der Waals surface area contributed by atoms with E-state index in [1.165, 1.54) is 0 Å². The zero-order chi connectivity index (χ0) is 22.5. The van der Waals surface area contributed by atoms with Crippen LogP contribution in [0.15, 0.2) is 89.8 Å². The van der Waals surface area contributed by atoms with Gasteiger partial charge < -0.3 is 14.0 Å². The fourth-order valence-electron chi connectivity index (χ4n) is 3.11. The highest BCUT2D eigenvalue weighted by Gasteiger charge is 2.15. The maximum absolute atomic E-state index is 11.9. The summed E-state index contributed by atoms with van der Waals surface area (Å²) in [6.45, 7) is 0.629. The normalized spacial score (nSPS) is 10.8. The summed E-state index contributed by atoms with van der Waals surface area (Å²) in [7, 11) is 0. The van der Waals surface area contributed by atoms with Crippen LogP contribution in [0.3, 0.4) is 0 Å². The second-order valence-corrected chi connectivity index (χ2v) is 8.76. The van der Waals surface area contributed by atoms with E-state index >= 15 is 0 Å². The Bertz CT molecular complexity index is 1340. The maximum atomic E-state index is 11.9. The zero-order valence-corrected chi connectivity index (χ0v) is 19.9. The predicted molar refractivity (Wildman–Crippen MR) is 126 cm³/mol. The molecule has 0 radical (unpaired) electrons. The lowest BCUT2D eigenvalue weighted by Gasteiger charge is -2.17. The molecule has 1 aromatic heterocycles. The van der Waals surface area contributed by atoms with Crippen LogP contribution < -0.4 is 20.9 Å². The van der Waals surface area contributed by atoms with Gasteiger partial charge in [0.2, 0.25) is 0 Å². The van der Waals surface area contributed by atoms with Crippen molar-refractivity contribution in [1.29, 1.82) is 0 Å². The number of nitrogens with zero attached hydrogens (tertiary/aromatic N) is 1. The molecular weight excluding hydrogens is 544 g/mol. The molecule has 0 atom stereocenters. The summed E-state index contributed by atoms with van der Waals surface area (Å²) in [6.07, 6.45) is 0. The van der Waals surface area contributed by atoms with Crippen LogP contribution in [-0.4, -0.2) is 9.72 Å². The summed E-state index contributed by atoms with van der Waals surface area (Å²) in [5.41, 5.74) is 1.94. The minimum atomic E-state index is -0.811. The summed E-state index contributed by atoms with van der Waals surface area (Å²) in [5.74, 6) is 0.176. The Balaban J connectivity index is 1.63. The number of hydrogen-bond acceptors (Lipinski definition) is 5. The molecule has 164 valence electrons. The molecule has 3 aromatic carbocycles. The van der Waals surface area contributed by atoms with Crippen LogP contribution in [0, 0.1) is 0 Å². The predicted octanol–water partition coefficient (Wildman–Crippen LogP) is 4.86. The lowest BCUT2D eigenvalue weighted by Crippen LogP contribution is -2.18. The maximum Gasteiger partial charge on any atom is 0.440 e. The lowest BCUT2D eigenvalue weighted by molar-refractivity contribution is 0.239. The molecule has 7 nitrogen and oxygen atoms in total. The van der Waals surface area contributed by atoms with Crippen molar-refractivity contribution in [1.82, 2.24) is 9.72 Å². The Morgan fingerprint density at radius 3 is 2.06 bits per heavy atom. The Morgan fingerprint density at radius 1 is 0.844 bits per heavy atom. The minimum Gasteiger partial charge on any atom is -0.485 e. The SMILES string of the molecule is O=c1[nH]c(=O)n(Cc2cccc(OCc3cccc(Br)c3)c2OCc2cccc(Br)c2)o1. The largest absolute Gasteiger partial charge is 0.485 e. The number of aromatic nitrogens is 2. The quantitative estimate of drug-likeness (QED) is 0.332. The van der Waals surface area contributed by atoms with Gasteiger partial charge in [-0.15, -0.1) is 4.74 Å². The van der Waals surface area contributed by atoms with Crippen molar-refractivity contribution in [3.63, 3.8) is 0 Å². The van der Waals surface area contributed by atoms with E-state index in [9.17, 15) is 9.59 Å². The van der Waals surface area contributed by atoms with Gasteiger partial charge in [0.1, 0.15) is 13.2 Å². The second-order valence-electron chi connectivity index (χ2n) is 6.93. The molecule has 0 unspecified atom stereocenters. The molecule has 4 rings (SSSR count). The second kappa shape index (κ2) is 10.1. The molecule has 0 aliphatic carbocycles. The summed E-state index contributed by atoms with van der Waals surface area (Å²) < 4.78 is 20.0. The van der Waals surface area contributed by atoms with E-state index in [4.69, 9.17) is 14.0 Å². The van der Waals surface area contributed by atoms with E-state index in [0.717, 1.165) is 24.8 Å². The minimum absolute atomic E-state index is 0.0134. The van der Waals surface area contributed by atoms with Crippen molar-refractivity contribution in [2.75, 3.05) is 0 Å². The average Bonchev–Trinajstić information content (AvgIpc) is 3.08. The molecule has 0 spiro atoms. The Kier molecular flexibility index (Phi) is 6.96. The first-order chi connectivity index (χ1) is 15.5. The highest BCUT2D eigenvalue weighted by Crippen LogP contribution is 2.33. The molecule has 0 aliphatic heterocycles. The van der Waals surface area contributed by atoms with Gasteiger partial charge in [-0.3, -0.25) is 0 Å². The third kappa shape index (κ3) is 5.60. The smallest absolute Gasteiger partial charge is 0.440 e. The number of ether oxygens (including phenoxy) is 2. The highest BCUT2D eigenvalue weighted by molar-refractivity contribution is 9.10. The van der Waals surface area contributed by atoms with Crippen LogP contribution in [0.5, 0.6) is 11.5 Å². The topological polar surface area (TPSA) is 86.5 Å². The molecule has 32 heavy (non-hydrogen) atoms. The number of hydrogen-bond donors (Lipinski definition) is 1. The zero-order valence-electron chi connectivity index (χ0n) is 16.7. The molecule has 0 aliphatic rings. The third-order valence-corrected chi connectivity index (χ3v) is 5.55. The average molecular weight is 562 g/mol. The standard InChI is InChI=1S/C23H18Br2N2O5/c24-18-7-1-4-15(10-18)13-30-20-9-3-6-17(12-27-22(28)26-23(29)32-27)21(20)31-14-16-5-2-8-19(25)11-16/h1-11H,12-14H2,(H,26,28,29). The Labute approximate surface area is 199 Å². The first-order valence-corrected chi connectivity index (χ1v) is 11.2. The van der Waals surface area contributed by atoms with E-state index < -0.39 is 11.4 Å².